The molecule has 0 radical (unpaired) electrons. The van der Waals surface area contributed by atoms with Gasteiger partial charge in [-0.2, -0.15) is 5.26 Å². The molecule has 1 rings (SSSR count). The third-order valence-electron chi connectivity index (χ3n) is 2.14. The van der Waals surface area contributed by atoms with Crippen LogP contribution in [0.3, 0.4) is 0 Å². The van der Waals surface area contributed by atoms with E-state index < -0.39 is 5.97 Å². The molecule has 0 fully saturated rings. The van der Waals surface area contributed by atoms with Gasteiger partial charge in [-0.15, -0.1) is 6.58 Å². The number of carboxylic acids is 1. The van der Waals surface area contributed by atoms with Crippen LogP contribution in [-0.2, 0) is 11.3 Å². The first-order chi connectivity index (χ1) is 8.17. The number of hydrogen-bond acceptors (Lipinski definition) is 4. The van der Waals surface area contributed by atoms with Crippen molar-refractivity contribution in [3.8, 4) is 6.07 Å². The van der Waals surface area contributed by atoms with Gasteiger partial charge in [0.2, 0.25) is 0 Å². The molecule has 0 bridgehead atoms. The molecule has 17 heavy (non-hydrogen) atoms. The number of rotatable bonds is 6. The predicted molar refractivity (Wildman–Crippen MR) is 62.1 cm³/mol. The van der Waals surface area contributed by atoms with E-state index >= 15 is 0 Å². The normalized spacial score (nSPS) is 9.88. The number of hydrogen-bond donors (Lipinski definition) is 1. The average molecular weight is 231 g/mol. The first-order valence-electron chi connectivity index (χ1n) is 5.06. The van der Waals surface area contributed by atoms with Crippen LogP contribution in [0.2, 0.25) is 0 Å². The Morgan fingerprint density at radius 1 is 1.71 bits per heavy atom. The maximum atomic E-state index is 10.7. The lowest BCUT2D eigenvalue weighted by molar-refractivity contribution is -0.138. The third kappa shape index (κ3) is 4.05. The highest BCUT2D eigenvalue weighted by atomic mass is 16.4. The third-order valence-corrected chi connectivity index (χ3v) is 2.14. The van der Waals surface area contributed by atoms with Crippen molar-refractivity contribution in [3.63, 3.8) is 0 Å². The van der Waals surface area contributed by atoms with Crippen LogP contribution in [0.5, 0.6) is 0 Å². The number of nitriles is 1. The van der Waals surface area contributed by atoms with Crippen LogP contribution in [0.25, 0.3) is 0 Å². The van der Waals surface area contributed by atoms with Crippen LogP contribution >= 0.6 is 0 Å². The predicted octanol–water partition coefficient (Wildman–Crippen LogP) is 1.03. The summed E-state index contributed by atoms with van der Waals surface area (Å²) in [6, 6.07) is 5.48. The first kappa shape index (κ1) is 12.9. The van der Waals surface area contributed by atoms with Crippen LogP contribution in [0, 0.1) is 11.3 Å². The second kappa shape index (κ2) is 6.40. The summed E-state index contributed by atoms with van der Waals surface area (Å²) in [5.74, 6) is -0.908. The van der Waals surface area contributed by atoms with E-state index in [1.807, 2.05) is 6.07 Å². The summed E-state index contributed by atoms with van der Waals surface area (Å²) in [5, 5.41) is 17.6. The Labute approximate surface area is 99.6 Å². The number of aliphatic carboxylic acids is 1. The van der Waals surface area contributed by atoms with E-state index in [9.17, 15) is 4.79 Å². The summed E-state index contributed by atoms with van der Waals surface area (Å²) < 4.78 is 0. The van der Waals surface area contributed by atoms with Gasteiger partial charge in [0, 0.05) is 24.8 Å². The number of carbonyl (C=O) groups is 1. The maximum Gasteiger partial charge on any atom is 0.317 e. The lowest BCUT2D eigenvalue weighted by Crippen LogP contribution is -2.29. The van der Waals surface area contributed by atoms with Gasteiger partial charge in [-0.1, -0.05) is 12.1 Å². The molecule has 0 aliphatic rings. The van der Waals surface area contributed by atoms with E-state index in [-0.39, 0.29) is 6.54 Å². The van der Waals surface area contributed by atoms with Crippen molar-refractivity contribution in [2.45, 2.75) is 6.54 Å². The van der Waals surface area contributed by atoms with E-state index in [1.165, 1.54) is 6.20 Å². The van der Waals surface area contributed by atoms with Gasteiger partial charge in [0.1, 0.15) is 11.8 Å². The van der Waals surface area contributed by atoms with Crippen molar-refractivity contribution in [2.75, 3.05) is 13.1 Å². The molecule has 5 heteroatoms. The van der Waals surface area contributed by atoms with Crippen molar-refractivity contribution >= 4 is 5.97 Å². The summed E-state index contributed by atoms with van der Waals surface area (Å²) in [7, 11) is 0. The molecule has 0 spiro atoms. The number of nitrogens with zero attached hydrogens (tertiary/aromatic N) is 3. The zero-order valence-electron chi connectivity index (χ0n) is 9.33. The lowest BCUT2D eigenvalue weighted by atomic mass is 10.2. The molecular formula is C12H13N3O2. The van der Waals surface area contributed by atoms with Crippen molar-refractivity contribution in [1.29, 1.82) is 5.26 Å². The van der Waals surface area contributed by atoms with Crippen LogP contribution < -0.4 is 0 Å². The smallest absolute Gasteiger partial charge is 0.317 e. The molecule has 0 saturated heterocycles. The molecule has 1 heterocycles. The fraction of sp³-hybridized carbons (Fsp3) is 0.250. The molecule has 0 atom stereocenters. The Bertz CT molecular complexity index is 451. The van der Waals surface area contributed by atoms with Gasteiger partial charge < -0.3 is 5.11 Å². The molecule has 1 aromatic heterocycles. The van der Waals surface area contributed by atoms with Gasteiger partial charge in [-0.25, -0.2) is 4.98 Å². The van der Waals surface area contributed by atoms with E-state index in [4.69, 9.17) is 10.4 Å². The Balaban J connectivity index is 2.81. The Morgan fingerprint density at radius 3 is 3.06 bits per heavy atom. The van der Waals surface area contributed by atoms with Crippen LogP contribution in [0.15, 0.2) is 31.0 Å². The van der Waals surface area contributed by atoms with Crippen molar-refractivity contribution < 1.29 is 9.90 Å². The van der Waals surface area contributed by atoms with Gasteiger partial charge in [0.05, 0.1) is 6.54 Å². The number of carboxylic acid groups (broad SMARTS) is 1. The summed E-state index contributed by atoms with van der Waals surface area (Å²) in [4.78, 5) is 16.3. The molecule has 0 aliphatic carbocycles. The van der Waals surface area contributed by atoms with E-state index in [0.717, 1.165) is 5.56 Å². The Morgan fingerprint density at radius 2 is 2.47 bits per heavy atom. The van der Waals surface area contributed by atoms with Gasteiger partial charge in [-0.05, 0) is 6.07 Å². The second-order valence-electron chi connectivity index (χ2n) is 3.47. The van der Waals surface area contributed by atoms with Crippen molar-refractivity contribution in [2.24, 2.45) is 0 Å². The van der Waals surface area contributed by atoms with Gasteiger partial charge in [0.15, 0.2) is 0 Å². The van der Waals surface area contributed by atoms with Gasteiger partial charge in [-0.3, -0.25) is 9.69 Å². The molecule has 1 aromatic rings. The highest BCUT2D eigenvalue weighted by molar-refractivity contribution is 5.69. The van der Waals surface area contributed by atoms with Gasteiger partial charge >= 0.3 is 5.97 Å². The SMILES string of the molecule is C=CCN(CC(=O)O)Cc1cccnc1C#N. The molecule has 0 aromatic carbocycles. The molecule has 88 valence electrons. The standard InChI is InChI=1S/C12H13N3O2/c1-2-6-15(9-12(16)17)8-10-4-3-5-14-11(10)7-13/h2-5H,1,6,8-9H2,(H,16,17). The highest BCUT2D eigenvalue weighted by Crippen LogP contribution is 2.08. The van der Waals surface area contributed by atoms with Gasteiger partial charge in [0.25, 0.3) is 0 Å². The monoisotopic (exact) mass is 231 g/mol. The summed E-state index contributed by atoms with van der Waals surface area (Å²) >= 11 is 0. The topological polar surface area (TPSA) is 77.2 Å². The second-order valence-corrected chi connectivity index (χ2v) is 3.47. The quantitative estimate of drug-likeness (QED) is 0.740. The van der Waals surface area contributed by atoms with Crippen LogP contribution in [0.1, 0.15) is 11.3 Å². The molecule has 5 nitrogen and oxygen atoms in total. The summed E-state index contributed by atoms with van der Waals surface area (Å²) in [5.41, 5.74) is 1.05. The fourth-order valence-corrected chi connectivity index (χ4v) is 1.47. The zero-order chi connectivity index (χ0) is 12.7. The summed E-state index contributed by atoms with van der Waals surface area (Å²) in [6.45, 7) is 4.31. The molecule has 1 N–H and O–H groups in total. The van der Waals surface area contributed by atoms with E-state index in [1.54, 1.807) is 23.1 Å². The Hall–Kier alpha value is -2.19. The molecule has 0 aliphatic heterocycles. The number of pyridine rings is 1. The van der Waals surface area contributed by atoms with E-state index in [2.05, 4.69) is 11.6 Å². The fourth-order valence-electron chi connectivity index (χ4n) is 1.47. The minimum Gasteiger partial charge on any atom is -0.480 e. The van der Waals surface area contributed by atoms with Crippen molar-refractivity contribution in [3.05, 3.63) is 42.2 Å². The summed E-state index contributed by atoms with van der Waals surface area (Å²) in [6.07, 6.45) is 3.17. The largest absolute Gasteiger partial charge is 0.480 e. The van der Waals surface area contributed by atoms with Crippen LogP contribution in [0.4, 0.5) is 0 Å². The maximum absolute atomic E-state index is 10.7. The average Bonchev–Trinajstić information content (AvgIpc) is 2.29. The molecule has 0 amide bonds. The van der Waals surface area contributed by atoms with Crippen LogP contribution in [-0.4, -0.2) is 34.0 Å². The highest BCUT2D eigenvalue weighted by Gasteiger charge is 2.11. The zero-order valence-corrected chi connectivity index (χ0v) is 9.33. The molecular weight excluding hydrogens is 218 g/mol. The minimum atomic E-state index is -0.908. The molecule has 0 saturated carbocycles. The number of aromatic nitrogens is 1. The molecule has 0 unspecified atom stereocenters. The Kier molecular flexibility index (Phi) is 4.85. The lowest BCUT2D eigenvalue weighted by Gasteiger charge is -2.18. The van der Waals surface area contributed by atoms with Crippen molar-refractivity contribution in [1.82, 2.24) is 9.88 Å². The van der Waals surface area contributed by atoms with E-state index in [0.29, 0.717) is 18.8 Å². The first-order valence-corrected chi connectivity index (χ1v) is 5.06. The minimum absolute atomic E-state index is 0.0915.